The predicted molar refractivity (Wildman–Crippen MR) is 83.4 cm³/mol. The molecule has 0 N–H and O–H groups in total. The number of nitrogens with zero attached hydrogens (tertiary/aromatic N) is 4. The number of aromatic nitrogens is 3. The molecule has 0 bridgehead atoms. The zero-order valence-corrected chi connectivity index (χ0v) is 13.4. The Hall–Kier alpha value is -1.88. The van der Waals surface area contributed by atoms with Crippen molar-refractivity contribution in [3.8, 4) is 0 Å². The summed E-state index contributed by atoms with van der Waals surface area (Å²) in [5.74, 6) is 1.38. The Morgan fingerprint density at radius 1 is 1.33 bits per heavy atom. The molecule has 2 aromatic rings. The van der Waals surface area contributed by atoms with Crippen molar-refractivity contribution >= 4 is 23.2 Å². The third kappa shape index (κ3) is 3.24. The normalized spacial score (nSPS) is 12.2. The number of benzene rings is 1. The molecule has 1 unspecified atom stereocenters. The van der Waals surface area contributed by atoms with Crippen molar-refractivity contribution < 1.29 is 4.79 Å². The number of aryl methyl sites for hydroxylation is 2. The summed E-state index contributed by atoms with van der Waals surface area (Å²) in [7, 11) is 1.88. The molecule has 0 spiro atoms. The second kappa shape index (κ2) is 6.26. The number of halogens is 1. The maximum atomic E-state index is 12.5. The lowest BCUT2D eigenvalue weighted by Crippen LogP contribution is -2.36. The molecular formula is C15H19ClN4O. The molecule has 21 heavy (non-hydrogen) atoms. The molecule has 0 radical (unpaired) electrons. The van der Waals surface area contributed by atoms with Crippen LogP contribution in [0.4, 0.5) is 5.69 Å². The first-order valence-electron chi connectivity index (χ1n) is 6.77. The monoisotopic (exact) mass is 306 g/mol. The minimum absolute atomic E-state index is 0.147. The molecule has 112 valence electrons. The van der Waals surface area contributed by atoms with Gasteiger partial charge in [0.05, 0.1) is 6.54 Å². The van der Waals surface area contributed by atoms with Gasteiger partial charge >= 0.3 is 0 Å². The summed E-state index contributed by atoms with van der Waals surface area (Å²) in [4.78, 5) is 14.1. The van der Waals surface area contributed by atoms with Crippen LogP contribution >= 0.6 is 11.6 Å². The van der Waals surface area contributed by atoms with Gasteiger partial charge in [0.1, 0.15) is 11.2 Å². The zero-order valence-electron chi connectivity index (χ0n) is 12.7. The topological polar surface area (TPSA) is 51.0 Å². The van der Waals surface area contributed by atoms with Crippen LogP contribution in [0, 0.1) is 13.8 Å². The van der Waals surface area contributed by atoms with Gasteiger partial charge in [0.2, 0.25) is 5.91 Å². The number of carbonyl (C=O) groups excluding carboxylic acids is 1. The molecule has 0 aliphatic carbocycles. The summed E-state index contributed by atoms with van der Waals surface area (Å²) < 4.78 is 1.87. The van der Waals surface area contributed by atoms with Crippen molar-refractivity contribution in [2.24, 2.45) is 7.05 Å². The Labute approximate surface area is 129 Å². The first-order chi connectivity index (χ1) is 9.91. The standard InChI is InChI=1S/C15H19ClN4O/c1-10-7-5-6-8-13(10)20(15(21)11(2)16)9-14-18-17-12(3)19(14)4/h5-8,11H,9H2,1-4H3. The predicted octanol–water partition coefficient (Wildman–Crippen LogP) is 2.59. The number of amides is 1. The number of hydrogen-bond acceptors (Lipinski definition) is 3. The lowest BCUT2D eigenvalue weighted by atomic mass is 10.1. The SMILES string of the molecule is Cc1ccccc1N(Cc1nnc(C)n1C)C(=O)C(C)Cl. The van der Waals surface area contributed by atoms with Crippen LogP contribution < -0.4 is 4.90 Å². The van der Waals surface area contributed by atoms with Gasteiger partial charge in [-0.25, -0.2) is 0 Å². The van der Waals surface area contributed by atoms with E-state index in [1.165, 1.54) is 0 Å². The summed E-state index contributed by atoms with van der Waals surface area (Å²) in [6, 6.07) is 7.73. The van der Waals surface area contributed by atoms with E-state index in [0.29, 0.717) is 6.54 Å². The number of anilines is 1. The Kier molecular flexibility index (Phi) is 4.63. The summed E-state index contributed by atoms with van der Waals surface area (Å²) in [5.41, 5.74) is 1.86. The Morgan fingerprint density at radius 2 is 2.00 bits per heavy atom. The molecule has 1 amide bonds. The van der Waals surface area contributed by atoms with E-state index in [9.17, 15) is 4.79 Å². The van der Waals surface area contributed by atoms with Gasteiger partial charge in [-0.15, -0.1) is 21.8 Å². The van der Waals surface area contributed by atoms with Crippen molar-refractivity contribution in [3.05, 3.63) is 41.5 Å². The fourth-order valence-electron chi connectivity index (χ4n) is 2.09. The second-order valence-corrected chi connectivity index (χ2v) is 5.70. The van der Waals surface area contributed by atoms with Crippen LogP contribution in [0.15, 0.2) is 24.3 Å². The van der Waals surface area contributed by atoms with E-state index in [-0.39, 0.29) is 5.91 Å². The molecule has 0 saturated heterocycles. The van der Waals surface area contributed by atoms with Crippen LogP contribution in [-0.4, -0.2) is 26.0 Å². The molecule has 0 aliphatic rings. The third-order valence-electron chi connectivity index (χ3n) is 3.49. The number of carbonyl (C=O) groups is 1. The quantitative estimate of drug-likeness (QED) is 0.816. The molecule has 0 fully saturated rings. The first kappa shape index (κ1) is 15.5. The third-order valence-corrected chi connectivity index (χ3v) is 3.68. The van der Waals surface area contributed by atoms with Gasteiger partial charge in [0, 0.05) is 12.7 Å². The Balaban J connectivity index is 2.40. The minimum atomic E-state index is -0.598. The Morgan fingerprint density at radius 3 is 2.52 bits per heavy atom. The lowest BCUT2D eigenvalue weighted by Gasteiger charge is -2.25. The van der Waals surface area contributed by atoms with Gasteiger partial charge in [-0.1, -0.05) is 18.2 Å². The minimum Gasteiger partial charge on any atom is -0.317 e. The molecular weight excluding hydrogens is 288 g/mol. The van der Waals surface area contributed by atoms with Gasteiger partial charge in [-0.2, -0.15) is 0 Å². The van der Waals surface area contributed by atoms with Crippen LogP contribution in [0.3, 0.4) is 0 Å². The summed E-state index contributed by atoms with van der Waals surface area (Å²) in [6.45, 7) is 5.87. The molecule has 1 heterocycles. The summed E-state index contributed by atoms with van der Waals surface area (Å²) in [5, 5.41) is 7.56. The molecule has 5 nitrogen and oxygen atoms in total. The van der Waals surface area contributed by atoms with Crippen molar-refractivity contribution in [2.45, 2.75) is 32.7 Å². The number of hydrogen-bond donors (Lipinski definition) is 0. The van der Waals surface area contributed by atoms with E-state index >= 15 is 0 Å². The van der Waals surface area contributed by atoms with Gasteiger partial charge in [-0.3, -0.25) is 4.79 Å². The molecule has 2 rings (SSSR count). The van der Waals surface area contributed by atoms with Crippen molar-refractivity contribution in [2.75, 3.05) is 4.90 Å². The molecule has 0 aliphatic heterocycles. The average molecular weight is 307 g/mol. The fraction of sp³-hybridized carbons (Fsp3) is 0.400. The van der Waals surface area contributed by atoms with Crippen LogP contribution in [0.2, 0.25) is 0 Å². The molecule has 0 saturated carbocycles. The highest BCUT2D eigenvalue weighted by Crippen LogP contribution is 2.23. The van der Waals surface area contributed by atoms with Crippen LogP contribution in [0.25, 0.3) is 0 Å². The first-order valence-corrected chi connectivity index (χ1v) is 7.21. The van der Waals surface area contributed by atoms with E-state index in [4.69, 9.17) is 11.6 Å². The van der Waals surface area contributed by atoms with Crippen LogP contribution in [0.5, 0.6) is 0 Å². The highest BCUT2D eigenvalue weighted by Gasteiger charge is 2.23. The maximum Gasteiger partial charge on any atom is 0.245 e. The molecule has 1 aromatic heterocycles. The largest absolute Gasteiger partial charge is 0.317 e. The highest BCUT2D eigenvalue weighted by molar-refractivity contribution is 6.32. The highest BCUT2D eigenvalue weighted by atomic mass is 35.5. The van der Waals surface area contributed by atoms with E-state index < -0.39 is 5.38 Å². The smallest absolute Gasteiger partial charge is 0.245 e. The number of rotatable bonds is 4. The average Bonchev–Trinajstić information content (AvgIpc) is 2.76. The summed E-state index contributed by atoms with van der Waals surface area (Å²) >= 11 is 6.00. The molecule has 1 atom stereocenters. The number of alkyl halides is 1. The van der Waals surface area contributed by atoms with Gasteiger partial charge in [0.15, 0.2) is 5.82 Å². The van der Waals surface area contributed by atoms with Gasteiger partial charge < -0.3 is 9.47 Å². The lowest BCUT2D eigenvalue weighted by molar-refractivity contribution is -0.118. The van der Waals surface area contributed by atoms with E-state index in [0.717, 1.165) is 22.9 Å². The fourth-order valence-corrected chi connectivity index (χ4v) is 2.21. The second-order valence-electron chi connectivity index (χ2n) is 5.05. The van der Waals surface area contributed by atoms with Gasteiger partial charge in [0.25, 0.3) is 0 Å². The zero-order chi connectivity index (χ0) is 15.6. The van der Waals surface area contributed by atoms with Crippen LogP contribution in [-0.2, 0) is 18.4 Å². The molecule has 1 aromatic carbocycles. The van der Waals surface area contributed by atoms with Crippen molar-refractivity contribution in [1.29, 1.82) is 0 Å². The van der Waals surface area contributed by atoms with Crippen molar-refractivity contribution in [1.82, 2.24) is 14.8 Å². The molecule has 6 heteroatoms. The Bertz CT molecular complexity index is 651. The van der Waals surface area contributed by atoms with Crippen LogP contribution in [0.1, 0.15) is 24.1 Å². The van der Waals surface area contributed by atoms with Gasteiger partial charge in [-0.05, 0) is 32.4 Å². The summed E-state index contributed by atoms with van der Waals surface area (Å²) in [6.07, 6.45) is 0. The maximum absolute atomic E-state index is 12.5. The number of para-hydroxylation sites is 1. The van der Waals surface area contributed by atoms with E-state index in [1.54, 1.807) is 11.8 Å². The van der Waals surface area contributed by atoms with E-state index in [2.05, 4.69) is 10.2 Å². The van der Waals surface area contributed by atoms with E-state index in [1.807, 2.05) is 49.7 Å². The van der Waals surface area contributed by atoms with Crippen molar-refractivity contribution in [3.63, 3.8) is 0 Å².